The van der Waals surface area contributed by atoms with E-state index in [1.54, 1.807) is 0 Å². The van der Waals surface area contributed by atoms with Crippen molar-refractivity contribution in [3.8, 4) is 17.2 Å². The predicted molar refractivity (Wildman–Crippen MR) is 143 cm³/mol. The van der Waals surface area contributed by atoms with Gasteiger partial charge in [0.1, 0.15) is 22.9 Å². The summed E-state index contributed by atoms with van der Waals surface area (Å²) in [6.45, 7) is 3.40. The molecule has 0 amide bonds. The van der Waals surface area contributed by atoms with E-state index in [0.717, 1.165) is 19.3 Å². The second kappa shape index (κ2) is 15.0. The molecule has 0 N–H and O–H groups in total. The van der Waals surface area contributed by atoms with E-state index >= 15 is 0 Å². The number of benzene rings is 2. The van der Waals surface area contributed by atoms with Gasteiger partial charge < -0.3 is 23.7 Å². The summed E-state index contributed by atoms with van der Waals surface area (Å²) in [5, 5.41) is 0. The van der Waals surface area contributed by atoms with Gasteiger partial charge in [0.05, 0.1) is 19.1 Å². The summed E-state index contributed by atoms with van der Waals surface area (Å²) in [5.41, 5.74) is -1.44. The van der Waals surface area contributed by atoms with Crippen LogP contribution in [0.25, 0.3) is 0 Å². The molecule has 4 rings (SSSR count). The third-order valence-corrected chi connectivity index (χ3v) is 7.86. The number of ether oxygens (including phenoxy) is 5. The molecule has 0 unspecified atom stereocenters. The third kappa shape index (κ3) is 9.44. The van der Waals surface area contributed by atoms with E-state index in [1.165, 1.54) is 0 Å². The molecule has 2 aromatic rings. The van der Waals surface area contributed by atoms with Crippen LogP contribution in [-0.4, -0.2) is 25.6 Å². The number of alkyl halides is 4. The molecule has 2 aromatic carbocycles. The average Bonchev–Trinajstić information content (AvgIpc) is 2.96. The Hall–Kier alpha value is -3.13. The van der Waals surface area contributed by atoms with E-state index in [2.05, 4.69) is 16.4 Å². The molecule has 0 radical (unpaired) electrons. The van der Waals surface area contributed by atoms with Crippen LogP contribution in [0.4, 0.5) is 39.5 Å². The minimum atomic E-state index is -4.53. The van der Waals surface area contributed by atoms with Crippen LogP contribution in [0.15, 0.2) is 42.7 Å². The van der Waals surface area contributed by atoms with Crippen LogP contribution < -0.4 is 14.2 Å². The molecule has 0 atom stereocenters. The fourth-order valence-electron chi connectivity index (χ4n) is 5.53. The summed E-state index contributed by atoms with van der Waals surface area (Å²) in [4.78, 5) is 0. The van der Waals surface area contributed by atoms with Crippen molar-refractivity contribution in [2.45, 2.75) is 76.8 Å². The molecular weight excluding hydrogens is 623 g/mol. The Kier molecular flexibility index (Phi) is 11.6. The number of hydrogen-bond acceptors (Lipinski definition) is 5. The van der Waals surface area contributed by atoms with Crippen LogP contribution in [0.1, 0.15) is 63.9 Å². The number of halogens is 9. The molecule has 14 heteroatoms. The maximum Gasteiger partial charge on any atom is 0.429 e. The van der Waals surface area contributed by atoms with Gasteiger partial charge in [-0.15, -0.1) is 0 Å². The molecule has 1 saturated heterocycles. The minimum absolute atomic E-state index is 0.144. The van der Waals surface area contributed by atoms with E-state index in [-0.39, 0.29) is 43.4 Å². The molecule has 1 aliphatic carbocycles. The first-order chi connectivity index (χ1) is 21.3. The first-order valence-electron chi connectivity index (χ1n) is 14.6. The topological polar surface area (TPSA) is 46.2 Å². The normalized spacial score (nSPS) is 22.5. The molecule has 2 fully saturated rings. The zero-order chi connectivity index (χ0) is 32.8. The Morgan fingerprint density at radius 2 is 1.42 bits per heavy atom. The lowest BCUT2D eigenvalue weighted by molar-refractivity contribution is -0.224. The van der Waals surface area contributed by atoms with Crippen LogP contribution in [-0.2, 0) is 15.6 Å². The molecule has 45 heavy (non-hydrogen) atoms. The van der Waals surface area contributed by atoms with Gasteiger partial charge in [0, 0.05) is 24.1 Å². The van der Waals surface area contributed by atoms with Gasteiger partial charge in [-0.05, 0) is 63.0 Å². The van der Waals surface area contributed by atoms with Gasteiger partial charge in [0.15, 0.2) is 29.9 Å². The van der Waals surface area contributed by atoms with Gasteiger partial charge in [0.2, 0.25) is 0 Å². The van der Waals surface area contributed by atoms with Gasteiger partial charge >= 0.3 is 18.3 Å². The Morgan fingerprint density at radius 3 is 2.00 bits per heavy atom. The second-order valence-corrected chi connectivity index (χ2v) is 11.2. The first kappa shape index (κ1) is 34.7. The average molecular weight is 657 g/mol. The summed E-state index contributed by atoms with van der Waals surface area (Å²) in [6.07, 6.45) is -6.36. The quantitative estimate of drug-likeness (QED) is 0.159. The molecule has 2 aliphatic rings. The lowest BCUT2D eigenvalue weighted by atomic mass is 9.79. The third-order valence-electron chi connectivity index (χ3n) is 7.86. The van der Waals surface area contributed by atoms with E-state index < -0.39 is 64.5 Å². The molecule has 0 aromatic heterocycles. The Bertz CT molecular complexity index is 1280. The molecule has 1 aliphatic heterocycles. The van der Waals surface area contributed by atoms with Gasteiger partial charge in [-0.2, -0.15) is 26.3 Å². The second-order valence-electron chi connectivity index (χ2n) is 11.2. The SMILES string of the molecule is CCCC1COC(CCC2CCC(C(F)(F)Oc3ccc(C(F)(F)Oc4cc(F)c(OC=C(F)F)c(F)c4)c(F)c3)CC2)OC1. The van der Waals surface area contributed by atoms with E-state index in [1.807, 2.05) is 0 Å². The Labute approximate surface area is 254 Å². The molecule has 1 saturated carbocycles. The van der Waals surface area contributed by atoms with Crippen LogP contribution in [0.3, 0.4) is 0 Å². The van der Waals surface area contributed by atoms with Crippen LogP contribution >= 0.6 is 0 Å². The summed E-state index contributed by atoms with van der Waals surface area (Å²) in [5.74, 6) is -8.74. The van der Waals surface area contributed by atoms with E-state index in [9.17, 15) is 39.5 Å². The fourth-order valence-corrected chi connectivity index (χ4v) is 5.53. The lowest BCUT2D eigenvalue weighted by Gasteiger charge is -2.34. The zero-order valence-corrected chi connectivity index (χ0v) is 24.3. The van der Waals surface area contributed by atoms with Crippen molar-refractivity contribution in [3.63, 3.8) is 0 Å². The lowest BCUT2D eigenvalue weighted by Crippen LogP contribution is -2.37. The summed E-state index contributed by atoms with van der Waals surface area (Å²) < 4.78 is 151. The zero-order valence-electron chi connectivity index (χ0n) is 24.3. The molecule has 5 nitrogen and oxygen atoms in total. The summed E-state index contributed by atoms with van der Waals surface area (Å²) in [7, 11) is 0. The maximum absolute atomic E-state index is 15.0. The number of rotatable bonds is 13. The van der Waals surface area contributed by atoms with E-state index in [0.29, 0.717) is 56.6 Å². The van der Waals surface area contributed by atoms with Crippen molar-refractivity contribution < 1.29 is 63.2 Å². The van der Waals surface area contributed by atoms with E-state index in [4.69, 9.17) is 14.2 Å². The van der Waals surface area contributed by atoms with Crippen molar-refractivity contribution in [1.82, 2.24) is 0 Å². The summed E-state index contributed by atoms with van der Waals surface area (Å²) >= 11 is 0. The van der Waals surface area contributed by atoms with Crippen molar-refractivity contribution in [2.75, 3.05) is 13.2 Å². The highest BCUT2D eigenvalue weighted by Crippen LogP contribution is 2.43. The Balaban J connectivity index is 1.30. The van der Waals surface area contributed by atoms with Crippen molar-refractivity contribution in [3.05, 3.63) is 65.7 Å². The van der Waals surface area contributed by atoms with Crippen LogP contribution in [0.5, 0.6) is 17.2 Å². The molecule has 1 heterocycles. The standard InChI is InChI=1S/C31H33F9O5/c1-2-3-19-15-41-28(42-16-19)11-6-18-4-7-20(8-5-18)30(37,38)44-21-9-10-23(24(32)12-21)31(39,40)45-22-13-25(33)29(26(34)14-22)43-17-27(35)36/h9-10,12-14,17-20,28H,2-8,11,15-16H2,1H3. The van der Waals surface area contributed by atoms with Gasteiger partial charge in [-0.25, -0.2) is 13.2 Å². The van der Waals surface area contributed by atoms with Crippen molar-refractivity contribution in [1.29, 1.82) is 0 Å². The minimum Gasteiger partial charge on any atom is -0.453 e. The summed E-state index contributed by atoms with van der Waals surface area (Å²) in [6, 6.07) is 1.89. The van der Waals surface area contributed by atoms with Gasteiger partial charge in [0.25, 0.3) is 0 Å². The predicted octanol–water partition coefficient (Wildman–Crippen LogP) is 9.70. The van der Waals surface area contributed by atoms with Crippen molar-refractivity contribution in [2.24, 2.45) is 17.8 Å². The molecule has 0 bridgehead atoms. The maximum atomic E-state index is 15.0. The molecule has 0 spiro atoms. The largest absolute Gasteiger partial charge is 0.453 e. The first-order valence-corrected chi connectivity index (χ1v) is 14.6. The molecule has 250 valence electrons. The number of hydrogen-bond donors (Lipinski definition) is 0. The van der Waals surface area contributed by atoms with Crippen LogP contribution in [0.2, 0.25) is 0 Å². The smallest absolute Gasteiger partial charge is 0.429 e. The highest BCUT2D eigenvalue weighted by atomic mass is 19.3. The highest BCUT2D eigenvalue weighted by Gasteiger charge is 2.45. The van der Waals surface area contributed by atoms with Gasteiger partial charge in [-0.3, -0.25) is 0 Å². The van der Waals surface area contributed by atoms with Crippen molar-refractivity contribution >= 4 is 0 Å². The Morgan fingerprint density at radius 1 is 0.800 bits per heavy atom. The van der Waals surface area contributed by atoms with Gasteiger partial charge in [-0.1, -0.05) is 13.3 Å². The van der Waals surface area contributed by atoms with Crippen LogP contribution in [0, 0.1) is 35.2 Å². The monoisotopic (exact) mass is 656 g/mol. The fraction of sp³-hybridized carbons (Fsp3) is 0.548. The molecular formula is C31H33F9O5. The highest BCUT2D eigenvalue weighted by molar-refractivity contribution is 5.37.